The SMILES string of the molecule is COC1(CC#N)CCNCC1. The molecule has 0 aliphatic carbocycles. The van der Waals surface area contributed by atoms with Crippen molar-refractivity contribution in [3.05, 3.63) is 0 Å². The van der Waals surface area contributed by atoms with Crippen LogP contribution >= 0.6 is 0 Å². The van der Waals surface area contributed by atoms with Crippen LogP contribution in [-0.4, -0.2) is 25.8 Å². The van der Waals surface area contributed by atoms with Crippen LogP contribution in [0.1, 0.15) is 19.3 Å². The zero-order chi connectivity index (χ0) is 8.16. The number of nitrogens with zero attached hydrogens (tertiary/aromatic N) is 1. The number of nitrogens with one attached hydrogen (secondary N) is 1. The fourth-order valence-electron chi connectivity index (χ4n) is 1.48. The summed E-state index contributed by atoms with van der Waals surface area (Å²) in [6, 6.07) is 2.18. The van der Waals surface area contributed by atoms with Crippen molar-refractivity contribution in [1.29, 1.82) is 5.26 Å². The average Bonchev–Trinajstić information content (AvgIpc) is 2.07. The van der Waals surface area contributed by atoms with Gasteiger partial charge in [-0.3, -0.25) is 0 Å². The quantitative estimate of drug-likeness (QED) is 0.635. The second-order valence-corrected chi connectivity index (χ2v) is 2.97. The van der Waals surface area contributed by atoms with Gasteiger partial charge < -0.3 is 10.1 Å². The first-order valence-electron chi connectivity index (χ1n) is 3.96. The molecule has 0 spiro atoms. The lowest BCUT2D eigenvalue weighted by molar-refractivity contribution is -0.0298. The van der Waals surface area contributed by atoms with Gasteiger partial charge in [0, 0.05) is 7.11 Å². The lowest BCUT2D eigenvalue weighted by atomic mass is 9.89. The van der Waals surface area contributed by atoms with E-state index in [1.807, 2.05) is 0 Å². The van der Waals surface area contributed by atoms with Gasteiger partial charge in [0.05, 0.1) is 18.1 Å². The third-order valence-electron chi connectivity index (χ3n) is 2.35. The standard InChI is InChI=1S/C8H14N2O/c1-11-8(2-5-9)3-6-10-7-4-8/h10H,2-4,6-7H2,1H3. The van der Waals surface area contributed by atoms with Gasteiger partial charge in [-0.25, -0.2) is 0 Å². The third-order valence-corrected chi connectivity index (χ3v) is 2.35. The number of piperidine rings is 1. The van der Waals surface area contributed by atoms with E-state index in [4.69, 9.17) is 10.00 Å². The summed E-state index contributed by atoms with van der Waals surface area (Å²) >= 11 is 0. The zero-order valence-corrected chi connectivity index (χ0v) is 6.89. The molecule has 1 heterocycles. The van der Waals surface area contributed by atoms with Crippen LogP contribution in [-0.2, 0) is 4.74 Å². The van der Waals surface area contributed by atoms with Crippen molar-refractivity contribution in [3.63, 3.8) is 0 Å². The Morgan fingerprint density at radius 3 is 2.64 bits per heavy atom. The minimum atomic E-state index is -0.153. The van der Waals surface area contributed by atoms with Crippen molar-refractivity contribution in [3.8, 4) is 6.07 Å². The lowest BCUT2D eigenvalue weighted by Gasteiger charge is -2.34. The highest BCUT2D eigenvalue weighted by Crippen LogP contribution is 2.25. The first-order valence-corrected chi connectivity index (χ1v) is 3.96. The first kappa shape index (κ1) is 8.51. The Morgan fingerprint density at radius 2 is 2.18 bits per heavy atom. The van der Waals surface area contributed by atoms with E-state index in [9.17, 15) is 0 Å². The number of methoxy groups -OCH3 is 1. The predicted octanol–water partition coefficient (Wildman–Crippen LogP) is 0.669. The van der Waals surface area contributed by atoms with E-state index < -0.39 is 0 Å². The van der Waals surface area contributed by atoms with Crippen LogP contribution in [0.5, 0.6) is 0 Å². The summed E-state index contributed by atoms with van der Waals surface area (Å²) in [4.78, 5) is 0. The Balaban J connectivity index is 2.51. The maximum absolute atomic E-state index is 8.56. The van der Waals surface area contributed by atoms with Crippen LogP contribution in [0.25, 0.3) is 0 Å². The van der Waals surface area contributed by atoms with Crippen molar-refractivity contribution < 1.29 is 4.74 Å². The van der Waals surface area contributed by atoms with Gasteiger partial charge in [-0.15, -0.1) is 0 Å². The van der Waals surface area contributed by atoms with E-state index in [0.29, 0.717) is 6.42 Å². The molecule has 1 aliphatic heterocycles. The van der Waals surface area contributed by atoms with E-state index in [-0.39, 0.29) is 5.60 Å². The van der Waals surface area contributed by atoms with Gasteiger partial charge in [-0.05, 0) is 25.9 Å². The summed E-state index contributed by atoms with van der Waals surface area (Å²) in [5, 5.41) is 11.8. The summed E-state index contributed by atoms with van der Waals surface area (Å²) in [6.07, 6.45) is 2.43. The average molecular weight is 154 g/mol. The summed E-state index contributed by atoms with van der Waals surface area (Å²) in [7, 11) is 1.70. The molecule has 3 heteroatoms. The minimum Gasteiger partial charge on any atom is -0.377 e. The number of hydrogen-bond donors (Lipinski definition) is 1. The van der Waals surface area contributed by atoms with E-state index in [0.717, 1.165) is 25.9 Å². The van der Waals surface area contributed by atoms with Gasteiger partial charge in [-0.2, -0.15) is 5.26 Å². The molecule has 11 heavy (non-hydrogen) atoms. The molecule has 1 rings (SSSR count). The zero-order valence-electron chi connectivity index (χ0n) is 6.89. The number of hydrogen-bond acceptors (Lipinski definition) is 3. The van der Waals surface area contributed by atoms with E-state index in [1.165, 1.54) is 0 Å². The van der Waals surface area contributed by atoms with E-state index in [1.54, 1.807) is 7.11 Å². The Hall–Kier alpha value is -0.590. The smallest absolute Gasteiger partial charge is 0.0832 e. The highest BCUT2D eigenvalue weighted by molar-refractivity contribution is 4.93. The van der Waals surface area contributed by atoms with Crippen molar-refractivity contribution in [2.45, 2.75) is 24.9 Å². The molecule has 0 unspecified atom stereocenters. The molecule has 0 bridgehead atoms. The maximum Gasteiger partial charge on any atom is 0.0832 e. The van der Waals surface area contributed by atoms with Crippen LogP contribution in [0, 0.1) is 11.3 Å². The molecule has 0 aromatic heterocycles. The molecule has 1 saturated heterocycles. The predicted molar refractivity (Wildman–Crippen MR) is 42.1 cm³/mol. The van der Waals surface area contributed by atoms with E-state index >= 15 is 0 Å². The number of ether oxygens (including phenoxy) is 1. The third kappa shape index (κ3) is 1.92. The minimum absolute atomic E-state index is 0.153. The number of rotatable bonds is 2. The molecule has 0 aromatic rings. The summed E-state index contributed by atoms with van der Waals surface area (Å²) in [6.45, 7) is 1.94. The topological polar surface area (TPSA) is 45.0 Å². The van der Waals surface area contributed by atoms with Gasteiger partial charge in [0.25, 0.3) is 0 Å². The molecule has 0 aromatic carbocycles. The Kier molecular flexibility index (Phi) is 2.86. The molecule has 0 saturated carbocycles. The van der Waals surface area contributed by atoms with Crippen molar-refractivity contribution >= 4 is 0 Å². The second-order valence-electron chi connectivity index (χ2n) is 2.97. The molecule has 1 aliphatic rings. The first-order chi connectivity index (χ1) is 5.33. The van der Waals surface area contributed by atoms with Crippen molar-refractivity contribution in [1.82, 2.24) is 5.32 Å². The van der Waals surface area contributed by atoms with Crippen LogP contribution in [0.15, 0.2) is 0 Å². The molecular formula is C8H14N2O. The van der Waals surface area contributed by atoms with E-state index in [2.05, 4.69) is 11.4 Å². The van der Waals surface area contributed by atoms with Crippen LogP contribution in [0.2, 0.25) is 0 Å². The van der Waals surface area contributed by atoms with Crippen molar-refractivity contribution in [2.75, 3.05) is 20.2 Å². The molecule has 3 nitrogen and oxygen atoms in total. The highest BCUT2D eigenvalue weighted by Gasteiger charge is 2.31. The van der Waals surface area contributed by atoms with Gasteiger partial charge in [0.2, 0.25) is 0 Å². The molecule has 0 radical (unpaired) electrons. The molecular weight excluding hydrogens is 140 g/mol. The fraction of sp³-hybridized carbons (Fsp3) is 0.875. The Morgan fingerprint density at radius 1 is 1.55 bits per heavy atom. The second kappa shape index (κ2) is 3.70. The lowest BCUT2D eigenvalue weighted by Crippen LogP contribution is -2.43. The molecule has 62 valence electrons. The molecule has 1 N–H and O–H groups in total. The maximum atomic E-state index is 8.56. The van der Waals surface area contributed by atoms with Gasteiger partial charge >= 0.3 is 0 Å². The van der Waals surface area contributed by atoms with Crippen molar-refractivity contribution in [2.24, 2.45) is 0 Å². The Labute approximate surface area is 67.3 Å². The van der Waals surface area contributed by atoms with Gasteiger partial charge in [0.15, 0.2) is 0 Å². The van der Waals surface area contributed by atoms with Crippen LogP contribution in [0.3, 0.4) is 0 Å². The molecule has 0 atom stereocenters. The van der Waals surface area contributed by atoms with Gasteiger partial charge in [0.1, 0.15) is 0 Å². The molecule has 1 fully saturated rings. The fourth-order valence-corrected chi connectivity index (χ4v) is 1.48. The monoisotopic (exact) mass is 154 g/mol. The summed E-state index contributed by atoms with van der Waals surface area (Å²) < 4.78 is 5.36. The molecule has 0 amide bonds. The summed E-state index contributed by atoms with van der Waals surface area (Å²) in [5.74, 6) is 0. The number of nitriles is 1. The van der Waals surface area contributed by atoms with Gasteiger partial charge in [-0.1, -0.05) is 0 Å². The normalized spacial score (nSPS) is 22.5. The Bertz CT molecular complexity index is 156. The summed E-state index contributed by atoms with van der Waals surface area (Å²) in [5.41, 5.74) is -0.153. The highest BCUT2D eigenvalue weighted by atomic mass is 16.5. The largest absolute Gasteiger partial charge is 0.377 e. The van der Waals surface area contributed by atoms with Crippen LogP contribution in [0.4, 0.5) is 0 Å². The van der Waals surface area contributed by atoms with Crippen LogP contribution < -0.4 is 5.32 Å².